The van der Waals surface area contributed by atoms with Gasteiger partial charge in [-0.15, -0.1) is 0 Å². The smallest absolute Gasteiger partial charge is 0.320 e. The van der Waals surface area contributed by atoms with Gasteiger partial charge in [0, 0.05) is 18.1 Å². The summed E-state index contributed by atoms with van der Waals surface area (Å²) in [6.07, 6.45) is 3.05. The fourth-order valence-corrected chi connectivity index (χ4v) is 1.46. The summed E-state index contributed by atoms with van der Waals surface area (Å²) in [7, 11) is 0. The van der Waals surface area contributed by atoms with Gasteiger partial charge in [0.15, 0.2) is 5.83 Å². The molecule has 6 heteroatoms. The van der Waals surface area contributed by atoms with E-state index in [1.807, 2.05) is 0 Å². The molecule has 0 fully saturated rings. The van der Waals surface area contributed by atoms with Gasteiger partial charge in [-0.3, -0.25) is 9.36 Å². The molecular weight excluding hydrogens is 237 g/mol. The maximum atomic E-state index is 12.6. The maximum Gasteiger partial charge on any atom is 0.330 e. The molecule has 0 saturated heterocycles. The number of aromatic nitrogens is 2. The Morgan fingerprint density at radius 1 is 1.44 bits per heavy atom. The summed E-state index contributed by atoms with van der Waals surface area (Å²) in [6.45, 7) is 2.90. The Morgan fingerprint density at radius 3 is 2.83 bits per heavy atom. The van der Waals surface area contributed by atoms with Gasteiger partial charge in [-0.05, 0) is 18.2 Å². The number of hydrogen-bond acceptors (Lipinski definition) is 2. The molecule has 2 rings (SSSR count). The lowest BCUT2D eigenvalue weighted by molar-refractivity contribution is -0.114. The topological polar surface area (TPSA) is 66.9 Å². The van der Waals surface area contributed by atoms with Crippen molar-refractivity contribution in [3.05, 3.63) is 59.5 Å². The van der Waals surface area contributed by atoms with Crippen LogP contribution in [0.4, 0.5) is 10.1 Å². The maximum absolute atomic E-state index is 12.6. The zero-order chi connectivity index (χ0) is 13.1. The SMILES string of the molecule is C=C(F)C(=O)Nc1cccc(-n2cc[nH]c2=O)c1. The number of amides is 1. The van der Waals surface area contributed by atoms with Crippen LogP contribution in [0.5, 0.6) is 0 Å². The Balaban J connectivity index is 2.31. The van der Waals surface area contributed by atoms with Gasteiger partial charge < -0.3 is 10.3 Å². The van der Waals surface area contributed by atoms with E-state index in [0.29, 0.717) is 11.4 Å². The molecule has 0 aliphatic heterocycles. The number of hydrogen-bond donors (Lipinski definition) is 2. The number of carbonyl (C=O) groups excluding carboxylic acids is 1. The molecule has 1 aromatic heterocycles. The minimum Gasteiger partial charge on any atom is -0.320 e. The molecule has 0 spiro atoms. The largest absolute Gasteiger partial charge is 0.330 e. The highest BCUT2D eigenvalue weighted by Gasteiger charge is 2.07. The van der Waals surface area contributed by atoms with Gasteiger partial charge in [0.2, 0.25) is 0 Å². The van der Waals surface area contributed by atoms with Gasteiger partial charge in [-0.25, -0.2) is 9.18 Å². The van der Waals surface area contributed by atoms with Crippen LogP contribution in [0.15, 0.2) is 53.9 Å². The van der Waals surface area contributed by atoms with E-state index >= 15 is 0 Å². The van der Waals surface area contributed by atoms with Crippen molar-refractivity contribution in [1.29, 1.82) is 0 Å². The zero-order valence-electron chi connectivity index (χ0n) is 9.31. The third-order valence-corrected chi connectivity index (χ3v) is 2.28. The molecule has 0 radical (unpaired) electrons. The zero-order valence-corrected chi connectivity index (χ0v) is 9.31. The van der Waals surface area contributed by atoms with E-state index in [2.05, 4.69) is 16.9 Å². The van der Waals surface area contributed by atoms with Crippen molar-refractivity contribution in [1.82, 2.24) is 9.55 Å². The number of benzene rings is 1. The van der Waals surface area contributed by atoms with Gasteiger partial charge in [0.1, 0.15) is 0 Å². The molecule has 5 nitrogen and oxygen atoms in total. The normalized spacial score (nSPS) is 10.1. The number of anilines is 1. The summed E-state index contributed by atoms with van der Waals surface area (Å²) in [5.74, 6) is -1.98. The van der Waals surface area contributed by atoms with Crippen molar-refractivity contribution < 1.29 is 9.18 Å². The Hall–Kier alpha value is -2.63. The average molecular weight is 247 g/mol. The molecule has 2 aromatic rings. The van der Waals surface area contributed by atoms with Crippen molar-refractivity contribution in [2.45, 2.75) is 0 Å². The first kappa shape index (κ1) is 11.8. The number of nitrogens with zero attached hydrogens (tertiary/aromatic N) is 1. The van der Waals surface area contributed by atoms with Crippen molar-refractivity contribution in [3.63, 3.8) is 0 Å². The number of H-pyrrole nitrogens is 1. The lowest BCUT2D eigenvalue weighted by Gasteiger charge is -2.06. The van der Waals surface area contributed by atoms with E-state index in [1.54, 1.807) is 30.5 Å². The highest BCUT2D eigenvalue weighted by Crippen LogP contribution is 2.14. The van der Waals surface area contributed by atoms with Crippen LogP contribution < -0.4 is 11.0 Å². The van der Waals surface area contributed by atoms with Gasteiger partial charge in [-0.2, -0.15) is 0 Å². The third kappa shape index (κ3) is 2.37. The number of aromatic amines is 1. The average Bonchev–Trinajstić information content (AvgIpc) is 2.75. The molecule has 0 bridgehead atoms. The van der Waals surface area contributed by atoms with E-state index in [4.69, 9.17) is 0 Å². The van der Waals surface area contributed by atoms with E-state index in [1.165, 1.54) is 10.8 Å². The van der Waals surface area contributed by atoms with Gasteiger partial charge in [0.05, 0.1) is 5.69 Å². The lowest BCUT2D eigenvalue weighted by Crippen LogP contribution is -2.15. The summed E-state index contributed by atoms with van der Waals surface area (Å²) in [5.41, 5.74) is 0.640. The van der Waals surface area contributed by atoms with E-state index in [-0.39, 0.29) is 5.69 Å². The summed E-state index contributed by atoms with van der Waals surface area (Å²) >= 11 is 0. The van der Waals surface area contributed by atoms with Gasteiger partial charge >= 0.3 is 5.69 Å². The van der Waals surface area contributed by atoms with Crippen molar-refractivity contribution in [3.8, 4) is 5.69 Å². The standard InChI is InChI=1S/C12H10FN3O2/c1-8(13)11(17)15-9-3-2-4-10(7-9)16-6-5-14-12(16)18/h2-7H,1H2,(H,14,18)(H,15,17). The quantitative estimate of drug-likeness (QED) is 0.809. The Kier molecular flexibility index (Phi) is 3.09. The van der Waals surface area contributed by atoms with E-state index < -0.39 is 11.7 Å². The van der Waals surface area contributed by atoms with Crippen LogP contribution in [0.1, 0.15) is 0 Å². The van der Waals surface area contributed by atoms with Crippen LogP contribution >= 0.6 is 0 Å². The minimum absolute atomic E-state index is 0.298. The van der Waals surface area contributed by atoms with Crippen LogP contribution in [-0.2, 0) is 4.79 Å². The van der Waals surface area contributed by atoms with Crippen molar-refractivity contribution >= 4 is 11.6 Å². The summed E-state index contributed by atoms with van der Waals surface area (Å²) in [5, 5.41) is 2.32. The predicted octanol–water partition coefficient (Wildman–Crippen LogP) is 1.59. The Morgan fingerprint density at radius 2 is 2.22 bits per heavy atom. The summed E-state index contributed by atoms with van der Waals surface area (Å²) < 4.78 is 13.9. The molecule has 0 aliphatic carbocycles. The van der Waals surface area contributed by atoms with Crippen molar-refractivity contribution in [2.24, 2.45) is 0 Å². The first-order chi connectivity index (χ1) is 8.58. The van der Waals surface area contributed by atoms with Crippen molar-refractivity contribution in [2.75, 3.05) is 5.32 Å². The second kappa shape index (κ2) is 4.70. The minimum atomic E-state index is -1.07. The molecule has 0 atom stereocenters. The Labute approximate surface area is 102 Å². The molecule has 0 aliphatic rings. The molecule has 1 aromatic carbocycles. The van der Waals surface area contributed by atoms with E-state index in [9.17, 15) is 14.0 Å². The second-order valence-corrected chi connectivity index (χ2v) is 3.54. The van der Waals surface area contributed by atoms with E-state index in [0.717, 1.165) is 0 Å². The van der Waals surface area contributed by atoms with Crippen LogP contribution in [0.25, 0.3) is 5.69 Å². The number of nitrogens with one attached hydrogen (secondary N) is 2. The lowest BCUT2D eigenvalue weighted by atomic mass is 10.2. The monoisotopic (exact) mass is 247 g/mol. The Bertz CT molecular complexity index is 657. The fourth-order valence-electron chi connectivity index (χ4n) is 1.46. The van der Waals surface area contributed by atoms with Gasteiger partial charge in [-0.1, -0.05) is 12.6 Å². The number of imidazole rings is 1. The van der Waals surface area contributed by atoms with Crippen LogP contribution in [0.3, 0.4) is 0 Å². The molecular formula is C12H10FN3O2. The number of carbonyl (C=O) groups is 1. The highest BCUT2D eigenvalue weighted by molar-refractivity contribution is 6.01. The first-order valence-corrected chi connectivity index (χ1v) is 5.10. The molecule has 0 saturated carbocycles. The third-order valence-electron chi connectivity index (χ3n) is 2.28. The second-order valence-electron chi connectivity index (χ2n) is 3.54. The fraction of sp³-hybridized carbons (Fsp3) is 0. The molecule has 0 unspecified atom stereocenters. The van der Waals surface area contributed by atoms with Crippen LogP contribution in [0.2, 0.25) is 0 Å². The molecule has 92 valence electrons. The number of halogens is 1. The predicted molar refractivity (Wildman–Crippen MR) is 65.3 cm³/mol. The molecule has 18 heavy (non-hydrogen) atoms. The number of rotatable bonds is 3. The van der Waals surface area contributed by atoms with Crippen LogP contribution in [0, 0.1) is 0 Å². The summed E-state index contributed by atoms with van der Waals surface area (Å²) in [6, 6.07) is 6.47. The van der Waals surface area contributed by atoms with Gasteiger partial charge in [0.25, 0.3) is 5.91 Å². The molecule has 1 heterocycles. The first-order valence-electron chi connectivity index (χ1n) is 5.10. The highest BCUT2D eigenvalue weighted by atomic mass is 19.1. The van der Waals surface area contributed by atoms with Crippen LogP contribution in [-0.4, -0.2) is 15.5 Å². The summed E-state index contributed by atoms with van der Waals surface area (Å²) in [4.78, 5) is 25.0. The molecule has 1 amide bonds. The molecule has 2 N–H and O–H groups in total.